The fraction of sp³-hybridized carbons (Fsp3) is 0.214. The lowest BCUT2D eigenvalue weighted by atomic mass is 10.1. The van der Waals surface area contributed by atoms with Crippen molar-refractivity contribution < 1.29 is 14.6 Å². The van der Waals surface area contributed by atoms with Gasteiger partial charge in [-0.3, -0.25) is 25.0 Å². The summed E-state index contributed by atoms with van der Waals surface area (Å²) in [5, 5.41) is 26.2. The van der Waals surface area contributed by atoms with E-state index in [4.69, 9.17) is 0 Å². The van der Waals surface area contributed by atoms with Gasteiger partial charge in [0.1, 0.15) is 0 Å². The summed E-state index contributed by atoms with van der Waals surface area (Å²) in [6.07, 6.45) is 0. The highest BCUT2D eigenvalue weighted by Gasteiger charge is 2.20. The number of carbonyl (C=O) groups is 1. The number of hydrogen-bond acceptors (Lipinski definition) is 6. The Labute approximate surface area is 135 Å². The molecule has 0 atom stereocenters. The van der Waals surface area contributed by atoms with Crippen molar-refractivity contribution in [3.63, 3.8) is 0 Å². The van der Waals surface area contributed by atoms with Crippen LogP contribution in [-0.2, 0) is 6.54 Å². The first-order chi connectivity index (χ1) is 10.8. The standard InChI is InChI=1S/C14H13N3O5S/c1-8-9(2)23-7-11(8)6-15-14(18)10-3-12(16(19)20)5-13(4-10)17(21)22/h3-5,7H,6H2,1-2H3,(H,15,18). The van der Waals surface area contributed by atoms with Gasteiger partial charge in [0.05, 0.1) is 21.5 Å². The molecule has 0 spiro atoms. The third-order valence-electron chi connectivity index (χ3n) is 3.41. The summed E-state index contributed by atoms with van der Waals surface area (Å²) < 4.78 is 0. The highest BCUT2D eigenvalue weighted by Crippen LogP contribution is 2.23. The van der Waals surface area contributed by atoms with E-state index >= 15 is 0 Å². The molecule has 23 heavy (non-hydrogen) atoms. The molecule has 9 heteroatoms. The second-order valence-corrected chi connectivity index (χ2v) is 5.96. The van der Waals surface area contributed by atoms with Crippen molar-refractivity contribution in [1.82, 2.24) is 5.32 Å². The van der Waals surface area contributed by atoms with Gasteiger partial charge in [0.25, 0.3) is 17.3 Å². The van der Waals surface area contributed by atoms with Gasteiger partial charge in [0.2, 0.25) is 0 Å². The van der Waals surface area contributed by atoms with Crippen LogP contribution in [-0.4, -0.2) is 15.8 Å². The molecule has 0 bridgehead atoms. The first kappa shape index (κ1) is 16.6. The van der Waals surface area contributed by atoms with Crippen LogP contribution in [0.2, 0.25) is 0 Å². The van der Waals surface area contributed by atoms with E-state index in [1.807, 2.05) is 19.2 Å². The number of aryl methyl sites for hydroxylation is 1. The zero-order valence-corrected chi connectivity index (χ0v) is 13.2. The number of thiophene rings is 1. The molecule has 1 N–H and O–H groups in total. The highest BCUT2D eigenvalue weighted by molar-refractivity contribution is 7.10. The maximum Gasteiger partial charge on any atom is 0.277 e. The normalized spacial score (nSPS) is 10.3. The third-order valence-corrected chi connectivity index (χ3v) is 4.48. The second-order valence-electron chi connectivity index (χ2n) is 4.88. The van der Waals surface area contributed by atoms with Crippen LogP contribution in [0.25, 0.3) is 0 Å². The molecule has 0 saturated heterocycles. The molecule has 0 radical (unpaired) electrons. The van der Waals surface area contributed by atoms with Gasteiger partial charge >= 0.3 is 0 Å². The Kier molecular flexibility index (Phi) is 4.70. The van der Waals surface area contributed by atoms with Gasteiger partial charge in [-0.25, -0.2) is 0 Å². The summed E-state index contributed by atoms with van der Waals surface area (Å²) in [6.45, 7) is 4.16. The van der Waals surface area contributed by atoms with Crippen molar-refractivity contribution >= 4 is 28.6 Å². The first-order valence-electron chi connectivity index (χ1n) is 6.55. The van der Waals surface area contributed by atoms with Gasteiger partial charge in [0.15, 0.2) is 0 Å². The topological polar surface area (TPSA) is 115 Å². The molecule has 8 nitrogen and oxygen atoms in total. The van der Waals surface area contributed by atoms with Crippen LogP contribution in [0.15, 0.2) is 23.6 Å². The van der Waals surface area contributed by atoms with Crippen LogP contribution in [0.4, 0.5) is 11.4 Å². The molecule has 2 rings (SSSR count). The van der Waals surface area contributed by atoms with Crippen molar-refractivity contribution in [2.45, 2.75) is 20.4 Å². The Hall–Kier alpha value is -2.81. The zero-order chi connectivity index (χ0) is 17.1. The van der Waals surface area contributed by atoms with E-state index in [-0.39, 0.29) is 12.1 Å². The summed E-state index contributed by atoms with van der Waals surface area (Å²) >= 11 is 1.56. The van der Waals surface area contributed by atoms with Gasteiger partial charge < -0.3 is 5.32 Å². The molecular weight excluding hydrogens is 322 g/mol. The van der Waals surface area contributed by atoms with Crippen LogP contribution < -0.4 is 5.32 Å². The summed E-state index contributed by atoms with van der Waals surface area (Å²) in [4.78, 5) is 33.4. The molecule has 0 unspecified atom stereocenters. The van der Waals surface area contributed by atoms with Crippen LogP contribution >= 0.6 is 11.3 Å². The van der Waals surface area contributed by atoms with Crippen molar-refractivity contribution in [3.8, 4) is 0 Å². The molecule has 120 valence electrons. The third kappa shape index (κ3) is 3.69. The Morgan fingerprint density at radius 1 is 1.13 bits per heavy atom. The minimum Gasteiger partial charge on any atom is -0.348 e. The maximum atomic E-state index is 12.1. The minimum atomic E-state index is -0.768. The number of nitro benzene ring substituents is 2. The monoisotopic (exact) mass is 335 g/mol. The van der Waals surface area contributed by atoms with Crippen LogP contribution in [0, 0.1) is 34.1 Å². The van der Waals surface area contributed by atoms with Gasteiger partial charge in [-0.2, -0.15) is 0 Å². The fourth-order valence-corrected chi connectivity index (χ4v) is 2.84. The zero-order valence-electron chi connectivity index (χ0n) is 12.4. The number of benzene rings is 1. The maximum absolute atomic E-state index is 12.1. The second kappa shape index (κ2) is 6.53. The quantitative estimate of drug-likeness (QED) is 0.666. The lowest BCUT2D eigenvalue weighted by Crippen LogP contribution is -2.23. The van der Waals surface area contributed by atoms with Crippen molar-refractivity contribution in [1.29, 1.82) is 0 Å². The van der Waals surface area contributed by atoms with Gasteiger partial charge in [-0.1, -0.05) is 0 Å². The van der Waals surface area contributed by atoms with Crippen LogP contribution in [0.3, 0.4) is 0 Å². The van der Waals surface area contributed by atoms with Gasteiger partial charge in [-0.05, 0) is 30.4 Å². The molecule has 1 amide bonds. The highest BCUT2D eigenvalue weighted by atomic mass is 32.1. The number of nitrogens with one attached hydrogen (secondary N) is 1. The lowest BCUT2D eigenvalue weighted by Gasteiger charge is -2.05. The van der Waals surface area contributed by atoms with Crippen LogP contribution in [0.5, 0.6) is 0 Å². The average Bonchev–Trinajstić information content (AvgIpc) is 2.83. The molecular formula is C14H13N3O5S. The molecule has 0 aliphatic carbocycles. The lowest BCUT2D eigenvalue weighted by molar-refractivity contribution is -0.394. The molecule has 0 aliphatic rings. The van der Waals surface area contributed by atoms with Gasteiger partial charge in [0, 0.05) is 23.6 Å². The molecule has 0 aliphatic heterocycles. The summed E-state index contributed by atoms with van der Waals surface area (Å²) in [5.41, 5.74) is 0.912. The predicted octanol–water partition coefficient (Wildman–Crippen LogP) is 3.11. The predicted molar refractivity (Wildman–Crippen MR) is 84.7 cm³/mol. The molecule has 1 aromatic carbocycles. The number of carbonyl (C=O) groups excluding carboxylic acids is 1. The summed E-state index contributed by atoms with van der Waals surface area (Å²) in [7, 11) is 0. The number of hydrogen-bond donors (Lipinski definition) is 1. The average molecular weight is 335 g/mol. The first-order valence-corrected chi connectivity index (χ1v) is 7.43. The van der Waals surface area contributed by atoms with E-state index in [2.05, 4.69) is 5.32 Å². The number of rotatable bonds is 5. The molecule has 1 heterocycles. The van der Waals surface area contributed by atoms with E-state index < -0.39 is 27.1 Å². The Balaban J connectivity index is 2.23. The van der Waals surface area contributed by atoms with Crippen molar-refractivity contribution in [2.24, 2.45) is 0 Å². The number of amides is 1. The van der Waals surface area contributed by atoms with E-state index in [0.717, 1.165) is 34.2 Å². The van der Waals surface area contributed by atoms with E-state index in [1.165, 1.54) is 0 Å². The van der Waals surface area contributed by atoms with E-state index in [1.54, 1.807) is 11.3 Å². The molecule has 2 aromatic rings. The summed E-state index contributed by atoms with van der Waals surface area (Å²) in [6, 6.07) is 2.87. The van der Waals surface area contributed by atoms with Crippen LogP contribution in [0.1, 0.15) is 26.4 Å². The van der Waals surface area contributed by atoms with Crippen molar-refractivity contribution in [3.05, 3.63) is 65.4 Å². The fourth-order valence-electron chi connectivity index (χ4n) is 1.95. The SMILES string of the molecule is Cc1scc(CNC(=O)c2cc([N+](=O)[O-])cc([N+](=O)[O-])c2)c1C. The number of nitro groups is 2. The molecule has 0 saturated carbocycles. The minimum absolute atomic E-state index is 0.115. The van der Waals surface area contributed by atoms with E-state index in [9.17, 15) is 25.0 Å². The van der Waals surface area contributed by atoms with Crippen molar-refractivity contribution in [2.75, 3.05) is 0 Å². The Morgan fingerprint density at radius 2 is 1.70 bits per heavy atom. The molecule has 1 aromatic heterocycles. The van der Waals surface area contributed by atoms with E-state index in [0.29, 0.717) is 0 Å². The number of nitrogens with zero attached hydrogens (tertiary/aromatic N) is 2. The summed E-state index contributed by atoms with van der Waals surface area (Å²) in [5.74, 6) is -0.597. The number of non-ortho nitro benzene ring substituents is 2. The van der Waals surface area contributed by atoms with Gasteiger partial charge in [-0.15, -0.1) is 11.3 Å². The molecule has 0 fully saturated rings. The Morgan fingerprint density at radius 3 is 2.13 bits per heavy atom. The Bertz CT molecular complexity index is 767. The largest absolute Gasteiger partial charge is 0.348 e. The smallest absolute Gasteiger partial charge is 0.277 e.